The van der Waals surface area contributed by atoms with E-state index in [-0.39, 0.29) is 0 Å². The van der Waals surface area contributed by atoms with Crippen LogP contribution < -0.4 is 0 Å². The van der Waals surface area contributed by atoms with E-state index in [1.807, 2.05) is 12.2 Å². The van der Waals surface area contributed by atoms with Gasteiger partial charge in [0, 0.05) is 6.42 Å². The Morgan fingerprint density at radius 3 is 2.83 bits per heavy atom. The van der Waals surface area contributed by atoms with Gasteiger partial charge < -0.3 is 4.42 Å². The molecule has 0 unspecified atom stereocenters. The molecule has 0 aromatic heterocycles. The van der Waals surface area contributed by atoms with Gasteiger partial charge in [0.2, 0.25) is 0 Å². The van der Waals surface area contributed by atoms with E-state index in [0.29, 0.717) is 0 Å². The lowest BCUT2D eigenvalue weighted by Crippen LogP contribution is -1.81. The van der Waals surface area contributed by atoms with Crippen LogP contribution in [-0.4, -0.2) is 6.29 Å². The molecule has 1 heterocycles. The third kappa shape index (κ3) is 0.612. The van der Waals surface area contributed by atoms with Gasteiger partial charge in [-0.1, -0.05) is 12.2 Å². The van der Waals surface area contributed by atoms with Crippen molar-refractivity contribution in [3.05, 3.63) is 18.8 Å². The fraction of sp³-hybridized carbons (Fsp3) is 0.200. The van der Waals surface area contributed by atoms with Crippen LogP contribution in [0, 0.1) is 6.61 Å². The Morgan fingerprint density at radius 1 is 1.67 bits per heavy atom. The van der Waals surface area contributed by atoms with Gasteiger partial charge in [-0.25, -0.2) is 0 Å². The van der Waals surface area contributed by atoms with E-state index in [2.05, 4.69) is 0 Å². The Kier molecular flexibility index (Phi) is 0.955. The van der Waals surface area contributed by atoms with E-state index < -0.39 is 0 Å². The standard InChI is InChI=1S/C5H6O/c1-2-4-6-5-3-1/h1-2,4-5H,3H2. The van der Waals surface area contributed by atoms with Crippen LogP contribution in [0.3, 0.4) is 0 Å². The number of hydrogen-bond acceptors (Lipinski definition) is 0. The molecule has 0 spiro atoms. The zero-order chi connectivity index (χ0) is 4.24. The van der Waals surface area contributed by atoms with E-state index in [0.717, 1.165) is 6.42 Å². The van der Waals surface area contributed by atoms with Crippen LogP contribution in [0.1, 0.15) is 6.42 Å². The Morgan fingerprint density at radius 2 is 2.67 bits per heavy atom. The molecule has 0 saturated heterocycles. The number of carbonyl (C=O) groups excluding carboxylic acids is 1. The lowest BCUT2D eigenvalue weighted by Gasteiger charge is -1.87. The van der Waals surface area contributed by atoms with Crippen molar-refractivity contribution in [3.63, 3.8) is 0 Å². The van der Waals surface area contributed by atoms with E-state index in [4.69, 9.17) is 4.42 Å². The van der Waals surface area contributed by atoms with Gasteiger partial charge in [-0.05, 0) is 0 Å². The summed E-state index contributed by atoms with van der Waals surface area (Å²) >= 11 is 0. The molecule has 1 nitrogen and oxygen atoms in total. The Hall–Kier alpha value is -0.720. The Bertz CT molecular complexity index is 69.9. The maximum Gasteiger partial charge on any atom is 0.165 e. The van der Waals surface area contributed by atoms with Crippen LogP contribution in [0.4, 0.5) is 0 Å². The Balaban J connectivity index is 2.46. The molecule has 0 N–H and O–H groups in total. The first-order chi connectivity index (χ1) is 3.00. The van der Waals surface area contributed by atoms with Crippen LogP contribution in [0.2, 0.25) is 0 Å². The summed E-state index contributed by atoms with van der Waals surface area (Å²) in [5.41, 5.74) is 0. The second-order valence-electron chi connectivity index (χ2n) is 1.10. The SMILES string of the molecule is C1=CC[CH-][O+]=C1. The van der Waals surface area contributed by atoms with Crippen molar-refractivity contribution >= 4 is 6.29 Å². The maximum atomic E-state index is 4.73. The number of hydrogen-bond donors (Lipinski definition) is 0. The lowest BCUT2D eigenvalue weighted by atomic mass is 10.4. The molecule has 32 valence electrons. The van der Waals surface area contributed by atoms with Crippen molar-refractivity contribution in [1.82, 2.24) is 0 Å². The summed E-state index contributed by atoms with van der Waals surface area (Å²) in [4.78, 5) is 0. The fourth-order valence-electron chi connectivity index (χ4n) is 0.346. The van der Waals surface area contributed by atoms with Gasteiger partial charge >= 0.3 is 0 Å². The first kappa shape index (κ1) is 3.47. The molecule has 0 aromatic carbocycles. The molecule has 0 aliphatic carbocycles. The van der Waals surface area contributed by atoms with Crippen LogP contribution in [0.5, 0.6) is 0 Å². The second-order valence-corrected chi connectivity index (χ2v) is 1.10. The first-order valence-electron chi connectivity index (χ1n) is 1.95. The van der Waals surface area contributed by atoms with Gasteiger partial charge in [0.1, 0.15) is 6.61 Å². The average Bonchev–Trinajstić information content (AvgIpc) is 1.72. The predicted molar refractivity (Wildman–Crippen MR) is 24.1 cm³/mol. The summed E-state index contributed by atoms with van der Waals surface area (Å²) in [6.45, 7) is 1.75. The third-order valence-corrected chi connectivity index (χ3v) is 0.622. The highest BCUT2D eigenvalue weighted by Crippen LogP contribution is 1.88. The molecule has 0 fully saturated rings. The molecule has 0 amide bonds. The zero-order valence-corrected chi connectivity index (χ0v) is 3.42. The highest BCUT2D eigenvalue weighted by atomic mass is 16.4. The molecule has 0 bridgehead atoms. The highest BCUT2D eigenvalue weighted by molar-refractivity contribution is 5.65. The van der Waals surface area contributed by atoms with E-state index in [1.165, 1.54) is 0 Å². The molecule has 1 aliphatic heterocycles. The summed E-state index contributed by atoms with van der Waals surface area (Å²) < 4.78 is 4.73. The summed E-state index contributed by atoms with van der Waals surface area (Å²) in [7, 11) is 0. The van der Waals surface area contributed by atoms with Gasteiger partial charge in [0.05, 0.1) is 0 Å². The second kappa shape index (κ2) is 1.65. The van der Waals surface area contributed by atoms with Crippen molar-refractivity contribution in [2.75, 3.05) is 0 Å². The fourth-order valence-corrected chi connectivity index (χ4v) is 0.346. The summed E-state index contributed by atoms with van der Waals surface area (Å²) in [6, 6.07) is 0. The molecule has 0 saturated carbocycles. The van der Waals surface area contributed by atoms with E-state index >= 15 is 0 Å². The number of allylic oxidation sites excluding steroid dienone is 1. The van der Waals surface area contributed by atoms with E-state index in [1.54, 1.807) is 12.9 Å². The third-order valence-electron chi connectivity index (χ3n) is 0.622. The summed E-state index contributed by atoms with van der Waals surface area (Å²) in [5.74, 6) is 0. The van der Waals surface area contributed by atoms with Crippen molar-refractivity contribution in [2.24, 2.45) is 0 Å². The van der Waals surface area contributed by atoms with Crippen molar-refractivity contribution in [3.8, 4) is 0 Å². The molecule has 6 heavy (non-hydrogen) atoms. The molecule has 0 radical (unpaired) electrons. The molecular formula is C5H6O. The molecule has 1 rings (SSSR count). The smallest absolute Gasteiger partial charge is 0.165 e. The quantitative estimate of drug-likeness (QED) is 0.233. The average molecular weight is 82.1 g/mol. The molecule has 1 aliphatic rings. The van der Waals surface area contributed by atoms with Crippen molar-refractivity contribution < 1.29 is 4.42 Å². The van der Waals surface area contributed by atoms with Gasteiger partial charge in [-0.15, -0.1) is 0 Å². The van der Waals surface area contributed by atoms with Crippen LogP contribution in [0.25, 0.3) is 0 Å². The predicted octanol–water partition coefficient (Wildman–Crippen LogP) is 0.843. The topological polar surface area (TPSA) is 11.3 Å². The molecule has 0 aromatic rings. The zero-order valence-electron chi connectivity index (χ0n) is 3.42. The largest absolute Gasteiger partial charge is 0.398 e. The minimum Gasteiger partial charge on any atom is -0.398 e. The molecule has 1 heteroatoms. The summed E-state index contributed by atoms with van der Waals surface area (Å²) in [6.07, 6.45) is 6.52. The van der Waals surface area contributed by atoms with Gasteiger partial charge in [-0.2, -0.15) is 0 Å². The number of rotatable bonds is 0. The highest BCUT2D eigenvalue weighted by Gasteiger charge is 1.81. The van der Waals surface area contributed by atoms with Crippen LogP contribution in [0.15, 0.2) is 12.2 Å². The van der Waals surface area contributed by atoms with Crippen LogP contribution >= 0.6 is 0 Å². The first-order valence-corrected chi connectivity index (χ1v) is 1.95. The maximum absolute atomic E-state index is 4.73. The minimum atomic E-state index is 0.941. The van der Waals surface area contributed by atoms with Crippen LogP contribution in [-0.2, 0) is 4.42 Å². The van der Waals surface area contributed by atoms with Gasteiger partial charge in [-0.3, -0.25) is 0 Å². The van der Waals surface area contributed by atoms with Crippen molar-refractivity contribution in [1.29, 1.82) is 0 Å². The van der Waals surface area contributed by atoms with Crippen molar-refractivity contribution in [2.45, 2.75) is 6.42 Å². The van der Waals surface area contributed by atoms with Gasteiger partial charge in [0.25, 0.3) is 0 Å². The monoisotopic (exact) mass is 82.0 g/mol. The lowest BCUT2D eigenvalue weighted by molar-refractivity contribution is -0.404. The Labute approximate surface area is 37.0 Å². The molecular weight excluding hydrogens is 76.1 g/mol. The van der Waals surface area contributed by atoms with E-state index in [9.17, 15) is 0 Å². The molecule has 0 atom stereocenters. The minimum absolute atomic E-state index is 0.941. The summed E-state index contributed by atoms with van der Waals surface area (Å²) in [5, 5.41) is 0. The van der Waals surface area contributed by atoms with Gasteiger partial charge in [0.15, 0.2) is 6.29 Å². The normalized spacial score (nSPS) is 17.3. The number of aldehydes is 1.